The van der Waals surface area contributed by atoms with Crippen molar-refractivity contribution in [2.45, 2.75) is 51.0 Å². The Labute approximate surface area is 191 Å². The summed E-state index contributed by atoms with van der Waals surface area (Å²) >= 11 is 0. The van der Waals surface area contributed by atoms with Gasteiger partial charge < -0.3 is 10.2 Å². The maximum atomic E-state index is 15.0. The quantitative estimate of drug-likeness (QED) is 0.671. The zero-order valence-electron chi connectivity index (χ0n) is 18.6. The summed E-state index contributed by atoms with van der Waals surface area (Å²) in [5.74, 6) is -1.52. The molecule has 1 aromatic carbocycles. The molecule has 1 unspecified atom stereocenters. The molecule has 0 spiro atoms. The molecule has 9 heteroatoms. The second-order valence-corrected chi connectivity index (χ2v) is 9.66. The fourth-order valence-electron chi connectivity index (χ4n) is 5.72. The molecule has 8 nitrogen and oxygen atoms in total. The van der Waals surface area contributed by atoms with Gasteiger partial charge in [-0.3, -0.25) is 29.4 Å². The van der Waals surface area contributed by atoms with E-state index in [-0.39, 0.29) is 24.0 Å². The molecule has 1 aromatic rings. The number of hydrogen-bond donors (Lipinski definition) is 2. The fraction of sp³-hybridized carbons (Fsp3) is 0.583. The number of piperidine rings is 3. The van der Waals surface area contributed by atoms with Gasteiger partial charge in [-0.2, -0.15) is 0 Å². The minimum atomic E-state index is -1.05. The molecule has 176 valence electrons. The van der Waals surface area contributed by atoms with Crippen LogP contribution in [0.5, 0.6) is 0 Å². The minimum absolute atomic E-state index is 0.0215. The summed E-state index contributed by atoms with van der Waals surface area (Å²) in [4.78, 5) is 52.4. The molecule has 5 rings (SSSR count). The third-order valence-corrected chi connectivity index (χ3v) is 7.59. The van der Waals surface area contributed by atoms with Crippen molar-refractivity contribution in [2.75, 3.05) is 31.1 Å². The molecule has 1 atom stereocenters. The Morgan fingerprint density at radius 3 is 2.18 bits per heavy atom. The molecule has 33 heavy (non-hydrogen) atoms. The predicted molar refractivity (Wildman–Crippen MR) is 118 cm³/mol. The van der Waals surface area contributed by atoms with Gasteiger partial charge in [-0.15, -0.1) is 0 Å². The molecule has 0 saturated carbocycles. The molecule has 0 aliphatic carbocycles. The maximum absolute atomic E-state index is 15.0. The Kier molecular flexibility index (Phi) is 5.90. The third-order valence-electron chi connectivity index (χ3n) is 7.59. The molecule has 0 aromatic heterocycles. The smallest absolute Gasteiger partial charge is 0.262 e. The zero-order chi connectivity index (χ0) is 23.1. The van der Waals surface area contributed by atoms with Crippen molar-refractivity contribution >= 4 is 29.3 Å². The van der Waals surface area contributed by atoms with Gasteiger partial charge in [0.25, 0.3) is 11.8 Å². The van der Waals surface area contributed by atoms with Crippen LogP contribution in [0.4, 0.5) is 10.1 Å². The highest BCUT2D eigenvalue weighted by atomic mass is 19.1. The lowest BCUT2D eigenvalue weighted by Gasteiger charge is -2.36. The first-order chi connectivity index (χ1) is 15.9. The van der Waals surface area contributed by atoms with E-state index in [9.17, 15) is 19.2 Å². The van der Waals surface area contributed by atoms with Crippen LogP contribution < -0.4 is 15.5 Å². The monoisotopic (exact) mass is 456 g/mol. The number of imide groups is 2. The van der Waals surface area contributed by atoms with E-state index >= 15 is 4.39 Å². The van der Waals surface area contributed by atoms with E-state index in [1.807, 2.05) is 4.90 Å². The van der Waals surface area contributed by atoms with Crippen molar-refractivity contribution in [1.29, 1.82) is 0 Å². The van der Waals surface area contributed by atoms with Gasteiger partial charge in [-0.25, -0.2) is 4.39 Å². The van der Waals surface area contributed by atoms with Crippen molar-refractivity contribution in [1.82, 2.24) is 15.5 Å². The SMILES string of the molecule is O=C1CCC(N2C(=O)c3cc(F)c(N4CCC(CC5CCNCC5)CC4)cc3C2=O)C(=O)N1. The van der Waals surface area contributed by atoms with Gasteiger partial charge in [0.05, 0.1) is 16.8 Å². The third kappa shape index (κ3) is 4.14. The van der Waals surface area contributed by atoms with Gasteiger partial charge in [0.15, 0.2) is 0 Å². The molecule has 4 amide bonds. The van der Waals surface area contributed by atoms with Crippen LogP contribution in [0, 0.1) is 17.7 Å². The Morgan fingerprint density at radius 2 is 1.52 bits per heavy atom. The minimum Gasteiger partial charge on any atom is -0.369 e. The highest BCUT2D eigenvalue weighted by molar-refractivity contribution is 6.23. The van der Waals surface area contributed by atoms with Crippen molar-refractivity contribution in [3.63, 3.8) is 0 Å². The van der Waals surface area contributed by atoms with E-state index in [1.54, 1.807) is 0 Å². The lowest BCUT2D eigenvalue weighted by Crippen LogP contribution is -2.54. The molecular formula is C24H29FN4O4. The molecule has 4 aliphatic rings. The first kappa shape index (κ1) is 22.0. The number of carbonyl (C=O) groups is 4. The van der Waals surface area contributed by atoms with E-state index < -0.39 is 35.5 Å². The van der Waals surface area contributed by atoms with E-state index in [2.05, 4.69) is 10.6 Å². The number of benzene rings is 1. The number of halogens is 1. The average Bonchev–Trinajstić information content (AvgIpc) is 3.04. The van der Waals surface area contributed by atoms with Crippen molar-refractivity contribution in [2.24, 2.45) is 11.8 Å². The zero-order valence-corrected chi connectivity index (χ0v) is 18.6. The maximum Gasteiger partial charge on any atom is 0.262 e. The van der Waals surface area contributed by atoms with Crippen LogP contribution >= 0.6 is 0 Å². The summed E-state index contributed by atoms with van der Waals surface area (Å²) in [7, 11) is 0. The Hall–Kier alpha value is -2.81. The van der Waals surface area contributed by atoms with E-state index in [0.29, 0.717) is 24.7 Å². The van der Waals surface area contributed by atoms with E-state index in [0.717, 1.165) is 42.8 Å². The summed E-state index contributed by atoms with van der Waals surface area (Å²) < 4.78 is 15.0. The normalized spacial score (nSPS) is 24.9. The van der Waals surface area contributed by atoms with Gasteiger partial charge >= 0.3 is 0 Å². The van der Waals surface area contributed by atoms with Crippen LogP contribution in [-0.4, -0.2) is 60.7 Å². The highest BCUT2D eigenvalue weighted by Gasteiger charge is 2.45. The standard InChI is InChI=1S/C24H29FN4O4/c25-18-12-16-17(24(33)29(23(16)32)19-1-2-21(30)27-22(19)31)13-20(18)28-9-5-15(6-10-28)11-14-3-7-26-8-4-14/h12-15,19,26H,1-11H2,(H,27,30,31). The topological polar surface area (TPSA) is 98.8 Å². The lowest BCUT2D eigenvalue weighted by atomic mass is 9.83. The van der Waals surface area contributed by atoms with Gasteiger partial charge in [-0.05, 0) is 75.6 Å². The van der Waals surface area contributed by atoms with Gasteiger partial charge in [0.1, 0.15) is 11.9 Å². The second kappa shape index (κ2) is 8.85. The number of hydrogen-bond acceptors (Lipinski definition) is 6. The lowest BCUT2D eigenvalue weighted by molar-refractivity contribution is -0.136. The summed E-state index contributed by atoms with van der Waals surface area (Å²) in [6.45, 7) is 3.60. The van der Waals surface area contributed by atoms with Gasteiger partial charge in [-0.1, -0.05) is 0 Å². The number of fused-ring (bicyclic) bond motifs is 1. The van der Waals surface area contributed by atoms with E-state index in [1.165, 1.54) is 25.3 Å². The Balaban J connectivity index is 1.29. The summed E-state index contributed by atoms with van der Waals surface area (Å²) in [6.07, 6.45) is 5.76. The number of carbonyl (C=O) groups excluding carboxylic acids is 4. The summed E-state index contributed by atoms with van der Waals surface area (Å²) in [5.41, 5.74) is 0.435. The molecule has 3 saturated heterocycles. The first-order valence-corrected chi connectivity index (χ1v) is 11.9. The van der Waals surface area contributed by atoms with Crippen LogP contribution in [-0.2, 0) is 9.59 Å². The molecule has 0 radical (unpaired) electrons. The predicted octanol–water partition coefficient (Wildman–Crippen LogP) is 1.83. The summed E-state index contributed by atoms with van der Waals surface area (Å²) in [5, 5.41) is 5.57. The molecule has 0 bridgehead atoms. The molecule has 4 heterocycles. The number of rotatable bonds is 4. The molecular weight excluding hydrogens is 427 g/mol. The Bertz CT molecular complexity index is 998. The van der Waals surface area contributed by atoms with E-state index in [4.69, 9.17) is 0 Å². The van der Waals surface area contributed by atoms with Crippen molar-refractivity contribution in [3.8, 4) is 0 Å². The van der Waals surface area contributed by atoms with Crippen LogP contribution in [0.3, 0.4) is 0 Å². The Morgan fingerprint density at radius 1 is 0.879 bits per heavy atom. The number of nitrogens with zero attached hydrogens (tertiary/aromatic N) is 2. The number of amides is 4. The van der Waals surface area contributed by atoms with Gasteiger partial charge in [0.2, 0.25) is 11.8 Å². The number of nitrogens with one attached hydrogen (secondary N) is 2. The summed E-state index contributed by atoms with van der Waals surface area (Å²) in [6, 6.07) is 1.54. The van der Waals surface area contributed by atoms with Crippen LogP contribution in [0.2, 0.25) is 0 Å². The molecule has 4 aliphatic heterocycles. The highest BCUT2D eigenvalue weighted by Crippen LogP contribution is 2.35. The first-order valence-electron chi connectivity index (χ1n) is 11.9. The molecule has 2 N–H and O–H groups in total. The van der Waals surface area contributed by atoms with Crippen LogP contribution in [0.25, 0.3) is 0 Å². The number of anilines is 1. The second-order valence-electron chi connectivity index (χ2n) is 9.66. The van der Waals surface area contributed by atoms with Crippen molar-refractivity contribution < 1.29 is 23.6 Å². The molecule has 3 fully saturated rings. The van der Waals surface area contributed by atoms with Gasteiger partial charge in [0, 0.05) is 19.5 Å². The van der Waals surface area contributed by atoms with Crippen LogP contribution in [0.1, 0.15) is 65.7 Å². The fourth-order valence-corrected chi connectivity index (χ4v) is 5.72. The largest absolute Gasteiger partial charge is 0.369 e. The average molecular weight is 457 g/mol. The van der Waals surface area contributed by atoms with Crippen LogP contribution in [0.15, 0.2) is 12.1 Å². The van der Waals surface area contributed by atoms with Crippen molar-refractivity contribution in [3.05, 3.63) is 29.1 Å².